The van der Waals surface area contributed by atoms with E-state index < -0.39 is 5.60 Å². The summed E-state index contributed by atoms with van der Waals surface area (Å²) in [5.41, 5.74) is 8.66. The molecule has 182 valence electrons. The minimum atomic E-state index is -0.694. The van der Waals surface area contributed by atoms with Crippen LogP contribution in [-0.4, -0.2) is 40.4 Å². The molecule has 1 aromatic heterocycles. The Bertz CT molecular complexity index is 1110. The first-order chi connectivity index (χ1) is 16.2. The molecule has 2 heterocycles. The second kappa shape index (κ2) is 9.78. The second-order valence-electron chi connectivity index (χ2n) is 9.58. The zero-order chi connectivity index (χ0) is 24.5. The van der Waals surface area contributed by atoms with Crippen LogP contribution in [0.3, 0.4) is 0 Å². The molecule has 1 aromatic carbocycles. The van der Waals surface area contributed by atoms with E-state index in [9.17, 15) is 4.79 Å². The van der Waals surface area contributed by atoms with Gasteiger partial charge in [0.2, 0.25) is 5.88 Å². The predicted molar refractivity (Wildman–Crippen MR) is 135 cm³/mol. The summed E-state index contributed by atoms with van der Waals surface area (Å²) in [6.07, 6.45) is 4.24. The molecule has 1 saturated carbocycles. The van der Waals surface area contributed by atoms with Crippen LogP contribution in [0.2, 0.25) is 5.02 Å². The summed E-state index contributed by atoms with van der Waals surface area (Å²) < 4.78 is 6.16. The monoisotopic (exact) mass is 484 g/mol. The van der Waals surface area contributed by atoms with E-state index in [2.05, 4.69) is 32.7 Å². The number of carbonyl (C=O) groups is 1. The summed E-state index contributed by atoms with van der Waals surface area (Å²) in [6, 6.07) is 6.05. The van der Waals surface area contributed by atoms with E-state index in [1.165, 1.54) is 0 Å². The number of nitrogen functional groups attached to an aromatic ring is 1. The first kappa shape index (κ1) is 24.3. The number of aryl methyl sites for hydroxylation is 1. The van der Waals surface area contributed by atoms with Crippen molar-refractivity contribution in [3.05, 3.63) is 40.2 Å². The highest BCUT2D eigenvalue weighted by Gasteiger charge is 2.36. The number of rotatable bonds is 5. The smallest absolute Gasteiger partial charge is 0.314 e. The Morgan fingerprint density at radius 3 is 2.62 bits per heavy atom. The van der Waals surface area contributed by atoms with E-state index in [-0.39, 0.29) is 6.03 Å². The number of aromatic nitrogens is 2. The lowest BCUT2D eigenvalue weighted by Crippen LogP contribution is -2.41. The fourth-order valence-electron chi connectivity index (χ4n) is 4.83. The number of halogens is 1. The van der Waals surface area contributed by atoms with Crippen molar-refractivity contribution >= 4 is 34.8 Å². The third-order valence-electron chi connectivity index (χ3n) is 6.59. The van der Waals surface area contributed by atoms with Gasteiger partial charge in [-0.05, 0) is 76.8 Å². The molecule has 9 heteroatoms. The molecule has 4 N–H and O–H groups in total. The maximum atomic E-state index is 11.7. The molecule has 0 saturated heterocycles. The Morgan fingerprint density at radius 2 is 1.94 bits per heavy atom. The molecule has 0 bridgehead atoms. The molecule has 1 fully saturated rings. The van der Waals surface area contributed by atoms with Crippen LogP contribution < -0.4 is 21.1 Å². The third-order valence-corrected chi connectivity index (χ3v) is 6.91. The average molecular weight is 485 g/mol. The van der Waals surface area contributed by atoms with Gasteiger partial charge in [-0.2, -0.15) is 4.98 Å². The normalized spacial score (nSPS) is 21.1. The van der Waals surface area contributed by atoms with Crippen LogP contribution in [0.4, 0.5) is 16.3 Å². The second-order valence-corrected chi connectivity index (χ2v) is 9.98. The van der Waals surface area contributed by atoms with Crippen molar-refractivity contribution in [1.82, 2.24) is 20.6 Å². The number of amides is 2. The number of anilines is 1. The maximum Gasteiger partial charge on any atom is 0.314 e. The molecular weight excluding hydrogens is 452 g/mol. The lowest BCUT2D eigenvalue weighted by Gasteiger charge is -2.33. The third kappa shape index (κ3) is 5.12. The fraction of sp³-hybridized carbons (Fsp3) is 0.520. The van der Waals surface area contributed by atoms with Crippen molar-refractivity contribution in [3.8, 4) is 5.88 Å². The average Bonchev–Trinajstić information content (AvgIpc) is 2.77. The largest absolute Gasteiger partial charge is 0.463 e. The van der Waals surface area contributed by atoms with Crippen LogP contribution in [0, 0.1) is 12.8 Å². The van der Waals surface area contributed by atoms with Gasteiger partial charge in [-0.15, -0.1) is 0 Å². The van der Waals surface area contributed by atoms with Crippen LogP contribution in [-0.2, 0) is 0 Å². The van der Waals surface area contributed by atoms with E-state index in [1.807, 2.05) is 26.8 Å². The molecule has 1 aliphatic heterocycles. The van der Waals surface area contributed by atoms with Crippen LogP contribution in [0.1, 0.15) is 69.3 Å². The van der Waals surface area contributed by atoms with Crippen LogP contribution in [0.15, 0.2) is 23.2 Å². The van der Waals surface area contributed by atoms with Gasteiger partial charge in [-0.25, -0.2) is 14.8 Å². The van der Waals surface area contributed by atoms with Crippen LogP contribution >= 0.6 is 11.6 Å². The van der Waals surface area contributed by atoms with Gasteiger partial charge in [0, 0.05) is 23.7 Å². The number of hydrogen-bond acceptors (Lipinski definition) is 6. The van der Waals surface area contributed by atoms with Crippen LogP contribution in [0.25, 0.3) is 0 Å². The van der Waals surface area contributed by atoms with Gasteiger partial charge in [0.05, 0.1) is 5.71 Å². The molecule has 34 heavy (non-hydrogen) atoms. The summed E-state index contributed by atoms with van der Waals surface area (Å²) in [4.78, 5) is 25.0. The zero-order valence-corrected chi connectivity index (χ0v) is 21.0. The van der Waals surface area contributed by atoms with Gasteiger partial charge < -0.3 is 21.1 Å². The minimum absolute atomic E-state index is 0.0909. The number of ether oxygens (including phenoxy) is 1. The standard InChI is InChI=1S/C25H33ClN6O2/c1-5-28-24(33)29-13-15-6-8-16(9-7-15)18-11-10-17(12-19(18)26)21-25(3,4)34-23-20(32-21)22(27)30-14(2)31-23/h10-12,15-16H,5-9,13H2,1-4H3,(H2,27,30,31)(H2,28,29,33). The number of aliphatic imine (C=N–C) groups is 1. The molecule has 0 radical (unpaired) electrons. The summed E-state index contributed by atoms with van der Waals surface area (Å²) in [6.45, 7) is 8.96. The number of nitrogens with zero attached hydrogens (tertiary/aromatic N) is 3. The zero-order valence-electron chi connectivity index (χ0n) is 20.2. The van der Waals surface area contributed by atoms with Gasteiger partial charge in [0.25, 0.3) is 0 Å². The van der Waals surface area contributed by atoms with E-state index >= 15 is 0 Å². The Labute approximate surface area is 205 Å². The van der Waals surface area contributed by atoms with Crippen molar-refractivity contribution < 1.29 is 9.53 Å². The summed E-state index contributed by atoms with van der Waals surface area (Å²) in [5, 5.41) is 6.48. The van der Waals surface area contributed by atoms with Gasteiger partial charge in [0.15, 0.2) is 11.5 Å². The molecule has 0 atom stereocenters. The maximum absolute atomic E-state index is 11.7. The molecular formula is C25H33ClN6O2. The number of benzene rings is 1. The van der Waals surface area contributed by atoms with E-state index in [1.54, 1.807) is 6.92 Å². The van der Waals surface area contributed by atoms with Crippen molar-refractivity contribution in [2.75, 3.05) is 18.8 Å². The number of urea groups is 1. The van der Waals surface area contributed by atoms with E-state index in [4.69, 9.17) is 27.1 Å². The van der Waals surface area contributed by atoms with Gasteiger partial charge >= 0.3 is 6.03 Å². The van der Waals surface area contributed by atoms with Crippen molar-refractivity contribution in [2.24, 2.45) is 10.9 Å². The summed E-state index contributed by atoms with van der Waals surface area (Å²) >= 11 is 6.79. The molecule has 2 aliphatic rings. The Hall–Kier alpha value is -2.87. The minimum Gasteiger partial charge on any atom is -0.463 e. The van der Waals surface area contributed by atoms with Crippen molar-refractivity contribution in [2.45, 2.75) is 64.9 Å². The SMILES string of the molecule is CCNC(=O)NCC1CCC(c2ccc(C3=Nc4c(N)nc(C)nc4OC3(C)C)cc2Cl)CC1. The van der Waals surface area contributed by atoms with E-state index in [0.717, 1.165) is 47.5 Å². The quantitative estimate of drug-likeness (QED) is 0.558. The number of fused-ring (bicyclic) bond motifs is 1. The topological polar surface area (TPSA) is 115 Å². The molecule has 0 unspecified atom stereocenters. The molecule has 0 spiro atoms. The number of carbonyl (C=O) groups excluding carboxylic acids is 1. The predicted octanol–water partition coefficient (Wildman–Crippen LogP) is 4.91. The number of hydrogen-bond donors (Lipinski definition) is 3. The summed E-state index contributed by atoms with van der Waals surface area (Å²) in [7, 11) is 0. The highest BCUT2D eigenvalue weighted by molar-refractivity contribution is 6.32. The number of nitrogens with two attached hydrogens (primary N) is 1. The van der Waals surface area contributed by atoms with Crippen molar-refractivity contribution in [3.63, 3.8) is 0 Å². The van der Waals surface area contributed by atoms with Crippen LogP contribution in [0.5, 0.6) is 5.88 Å². The van der Waals surface area contributed by atoms with E-state index in [0.29, 0.717) is 48.1 Å². The van der Waals surface area contributed by atoms with Crippen molar-refractivity contribution in [1.29, 1.82) is 0 Å². The Kier molecular flexibility index (Phi) is 6.98. The first-order valence-corrected chi connectivity index (χ1v) is 12.3. The Balaban J connectivity index is 1.48. The highest BCUT2D eigenvalue weighted by Crippen LogP contribution is 2.42. The van der Waals surface area contributed by atoms with Gasteiger partial charge in [-0.3, -0.25) is 0 Å². The van der Waals surface area contributed by atoms with Gasteiger partial charge in [-0.1, -0.05) is 23.7 Å². The lowest BCUT2D eigenvalue weighted by molar-refractivity contribution is 0.171. The molecule has 2 aromatic rings. The summed E-state index contributed by atoms with van der Waals surface area (Å²) in [5.74, 6) is 2.17. The van der Waals surface area contributed by atoms with Gasteiger partial charge in [0.1, 0.15) is 11.4 Å². The molecule has 8 nitrogen and oxygen atoms in total. The number of nitrogens with one attached hydrogen (secondary N) is 2. The molecule has 2 amide bonds. The Morgan fingerprint density at radius 1 is 1.21 bits per heavy atom. The lowest BCUT2D eigenvalue weighted by atomic mass is 9.78. The first-order valence-electron chi connectivity index (χ1n) is 11.9. The highest BCUT2D eigenvalue weighted by atomic mass is 35.5. The fourth-order valence-corrected chi connectivity index (χ4v) is 5.16. The molecule has 4 rings (SSSR count). The molecule has 1 aliphatic carbocycles.